The SMILES string of the molecule is CCC1C=CC(=O)OC1C=CC(O)(CCN)C(CC(O)C=CC=CC1CCCC(OC(=O)CC(C)C)C1)OP(=O)(O)O. The third-order valence-corrected chi connectivity index (χ3v) is 7.92. The van der Waals surface area contributed by atoms with Crippen LogP contribution in [0.25, 0.3) is 0 Å². The fraction of sp³-hybridized carbons (Fsp3) is 0.667. The first-order valence-corrected chi connectivity index (χ1v) is 16.2. The zero-order valence-corrected chi connectivity index (χ0v) is 25.7. The Hall–Kier alpha value is -2.11. The normalized spacial score (nSPS) is 26.5. The molecule has 12 heteroatoms. The van der Waals surface area contributed by atoms with Crippen LogP contribution in [0.1, 0.15) is 72.1 Å². The molecule has 11 nitrogen and oxygen atoms in total. The highest BCUT2D eigenvalue weighted by atomic mass is 31.2. The van der Waals surface area contributed by atoms with E-state index in [2.05, 4.69) is 0 Å². The summed E-state index contributed by atoms with van der Waals surface area (Å²) < 4.78 is 27.7. The Bertz CT molecular complexity index is 1040. The molecule has 0 spiro atoms. The molecular weight excluding hydrogens is 565 g/mol. The maximum absolute atomic E-state index is 12.0. The number of allylic oxidation sites excluding steroid dienone is 3. The fourth-order valence-corrected chi connectivity index (χ4v) is 5.81. The number of aliphatic hydroxyl groups excluding tert-OH is 1. The standard InChI is InChI=1S/C30H48NO10P/c1-4-23-12-13-28(33)40-26(23)14-15-30(35,16-17-31)27(41-42(36,37)38)20-24(32)10-6-5-8-22-9-7-11-25(19-22)39-29(34)18-21(2)3/h5-6,8,10,12-15,21-27,32,35H,4,7,9,11,16-20,31H2,1-3H3,(H2,36,37,38). The summed E-state index contributed by atoms with van der Waals surface area (Å²) in [4.78, 5) is 42.9. The minimum atomic E-state index is -5.07. The summed E-state index contributed by atoms with van der Waals surface area (Å²) in [6.07, 6.45) is 13.0. The molecule has 0 radical (unpaired) electrons. The molecule has 0 amide bonds. The second-order valence-corrected chi connectivity index (χ2v) is 12.7. The van der Waals surface area contributed by atoms with Crippen LogP contribution in [-0.4, -0.2) is 68.5 Å². The Balaban J connectivity index is 2.08. The maximum atomic E-state index is 12.0. The van der Waals surface area contributed by atoms with Crippen LogP contribution < -0.4 is 5.73 Å². The molecule has 0 aromatic rings. The highest BCUT2D eigenvalue weighted by Crippen LogP contribution is 2.42. The van der Waals surface area contributed by atoms with Crippen LogP contribution in [0.4, 0.5) is 0 Å². The molecule has 238 valence electrons. The van der Waals surface area contributed by atoms with Crippen LogP contribution >= 0.6 is 7.82 Å². The first-order valence-electron chi connectivity index (χ1n) is 14.7. The van der Waals surface area contributed by atoms with Crippen LogP contribution in [0.15, 0.2) is 48.6 Å². The lowest BCUT2D eigenvalue weighted by molar-refractivity contribution is -0.152. The van der Waals surface area contributed by atoms with E-state index in [1.54, 1.807) is 18.2 Å². The summed E-state index contributed by atoms with van der Waals surface area (Å²) in [7, 11) is -5.07. The zero-order chi connectivity index (χ0) is 31.3. The quantitative estimate of drug-likeness (QED) is 0.0741. The first-order chi connectivity index (χ1) is 19.7. The van der Waals surface area contributed by atoms with Crippen molar-refractivity contribution >= 4 is 19.8 Å². The Morgan fingerprint density at radius 3 is 2.64 bits per heavy atom. The number of esters is 2. The van der Waals surface area contributed by atoms with Crippen LogP contribution in [0.2, 0.25) is 0 Å². The number of carbonyl (C=O) groups excluding carboxylic acids is 2. The van der Waals surface area contributed by atoms with Crippen molar-refractivity contribution in [2.45, 2.75) is 102 Å². The highest BCUT2D eigenvalue weighted by Gasteiger charge is 2.40. The van der Waals surface area contributed by atoms with Crippen molar-refractivity contribution in [1.82, 2.24) is 0 Å². The van der Waals surface area contributed by atoms with Gasteiger partial charge in [-0.15, -0.1) is 0 Å². The van der Waals surface area contributed by atoms with Gasteiger partial charge in [-0.1, -0.05) is 57.2 Å². The number of ether oxygens (including phenoxy) is 2. The molecule has 1 fully saturated rings. The molecule has 1 aliphatic heterocycles. The van der Waals surface area contributed by atoms with Gasteiger partial charge in [-0.3, -0.25) is 9.32 Å². The summed E-state index contributed by atoms with van der Waals surface area (Å²) in [6.45, 7) is 5.81. The number of hydrogen-bond donors (Lipinski definition) is 5. The van der Waals surface area contributed by atoms with E-state index in [0.717, 1.165) is 25.7 Å². The van der Waals surface area contributed by atoms with Gasteiger partial charge in [-0.2, -0.15) is 0 Å². The minimum Gasteiger partial charge on any atom is -0.462 e. The predicted octanol–water partition coefficient (Wildman–Crippen LogP) is 3.62. The lowest BCUT2D eigenvalue weighted by atomic mass is 9.86. The first kappa shape index (κ1) is 36.1. The summed E-state index contributed by atoms with van der Waals surface area (Å²) in [6, 6.07) is 0. The van der Waals surface area contributed by atoms with E-state index in [1.807, 2.05) is 26.8 Å². The molecule has 7 atom stereocenters. The molecule has 2 aliphatic rings. The number of aliphatic hydroxyl groups is 2. The second kappa shape index (κ2) is 17.3. The van der Waals surface area contributed by atoms with Crippen molar-refractivity contribution in [3.8, 4) is 0 Å². The minimum absolute atomic E-state index is 0.0484. The van der Waals surface area contributed by atoms with Crippen LogP contribution in [-0.2, 0) is 28.2 Å². The van der Waals surface area contributed by atoms with Gasteiger partial charge in [-0.05, 0) is 63.0 Å². The fourth-order valence-electron chi connectivity index (χ4n) is 5.21. The Labute approximate surface area is 248 Å². The topological polar surface area (TPSA) is 186 Å². The lowest BCUT2D eigenvalue weighted by Gasteiger charge is -2.35. The molecule has 42 heavy (non-hydrogen) atoms. The second-order valence-electron chi connectivity index (χ2n) is 11.5. The van der Waals surface area contributed by atoms with Crippen molar-refractivity contribution in [2.24, 2.45) is 23.5 Å². The number of hydrogen-bond acceptors (Lipinski definition) is 9. The molecule has 0 aromatic carbocycles. The molecule has 0 bridgehead atoms. The van der Waals surface area contributed by atoms with Gasteiger partial charge in [0.2, 0.25) is 0 Å². The van der Waals surface area contributed by atoms with E-state index < -0.39 is 37.7 Å². The number of rotatable bonds is 16. The summed E-state index contributed by atoms with van der Waals surface area (Å²) in [5, 5.41) is 22.1. The summed E-state index contributed by atoms with van der Waals surface area (Å²) in [5.41, 5.74) is 3.73. The molecule has 1 saturated carbocycles. The Kier molecular flexibility index (Phi) is 14.8. The smallest absolute Gasteiger partial charge is 0.462 e. The van der Waals surface area contributed by atoms with E-state index in [1.165, 1.54) is 24.3 Å². The van der Waals surface area contributed by atoms with Crippen LogP contribution in [0.3, 0.4) is 0 Å². The molecule has 7 unspecified atom stereocenters. The van der Waals surface area contributed by atoms with Crippen molar-refractivity contribution in [3.63, 3.8) is 0 Å². The van der Waals surface area contributed by atoms with Gasteiger partial charge in [0.15, 0.2) is 0 Å². The number of phosphoric ester groups is 1. The molecule has 0 saturated heterocycles. The number of cyclic esters (lactones) is 1. The van der Waals surface area contributed by atoms with Crippen molar-refractivity contribution in [3.05, 3.63) is 48.6 Å². The average molecular weight is 614 g/mol. The summed E-state index contributed by atoms with van der Waals surface area (Å²) in [5.74, 6) is -0.414. The number of carbonyl (C=O) groups is 2. The van der Waals surface area contributed by atoms with Gasteiger partial charge in [-0.25, -0.2) is 9.36 Å². The molecule has 0 aromatic heterocycles. The van der Waals surface area contributed by atoms with Gasteiger partial charge < -0.3 is 35.2 Å². The van der Waals surface area contributed by atoms with E-state index in [4.69, 9.17) is 19.7 Å². The van der Waals surface area contributed by atoms with Gasteiger partial charge >= 0.3 is 19.8 Å². The van der Waals surface area contributed by atoms with Gasteiger partial charge in [0.1, 0.15) is 23.9 Å². The Morgan fingerprint density at radius 2 is 2.00 bits per heavy atom. The molecule has 2 rings (SSSR count). The molecule has 1 heterocycles. The van der Waals surface area contributed by atoms with Crippen molar-refractivity contribution < 1.29 is 48.2 Å². The largest absolute Gasteiger partial charge is 0.469 e. The van der Waals surface area contributed by atoms with Gasteiger partial charge in [0.25, 0.3) is 0 Å². The summed E-state index contributed by atoms with van der Waals surface area (Å²) >= 11 is 0. The number of phosphoric acid groups is 1. The Morgan fingerprint density at radius 1 is 1.26 bits per heavy atom. The maximum Gasteiger partial charge on any atom is 0.469 e. The van der Waals surface area contributed by atoms with E-state index in [-0.39, 0.29) is 49.2 Å². The molecule has 6 N–H and O–H groups in total. The van der Waals surface area contributed by atoms with Crippen LogP contribution in [0, 0.1) is 17.8 Å². The van der Waals surface area contributed by atoms with Crippen molar-refractivity contribution in [1.29, 1.82) is 0 Å². The van der Waals surface area contributed by atoms with Crippen LogP contribution in [0.5, 0.6) is 0 Å². The third kappa shape index (κ3) is 13.0. The van der Waals surface area contributed by atoms with E-state index in [0.29, 0.717) is 12.8 Å². The average Bonchev–Trinajstić information content (AvgIpc) is 2.89. The molecular formula is C30H48NO10P. The predicted molar refractivity (Wildman–Crippen MR) is 158 cm³/mol. The zero-order valence-electron chi connectivity index (χ0n) is 24.8. The third-order valence-electron chi connectivity index (χ3n) is 7.39. The van der Waals surface area contributed by atoms with Gasteiger partial charge in [0.05, 0.1) is 6.10 Å². The van der Waals surface area contributed by atoms with Gasteiger partial charge in [0, 0.05) is 24.8 Å². The van der Waals surface area contributed by atoms with E-state index >= 15 is 0 Å². The number of nitrogens with two attached hydrogens (primary N) is 1. The van der Waals surface area contributed by atoms with Crippen molar-refractivity contribution in [2.75, 3.05) is 6.54 Å². The highest BCUT2D eigenvalue weighted by molar-refractivity contribution is 7.46. The monoisotopic (exact) mass is 613 g/mol. The molecule has 1 aliphatic carbocycles. The van der Waals surface area contributed by atoms with E-state index in [9.17, 15) is 34.2 Å². The lowest BCUT2D eigenvalue weighted by Crippen LogP contribution is -2.45.